The number of benzene rings is 8. The van der Waals surface area contributed by atoms with Gasteiger partial charge in [0.1, 0.15) is 5.52 Å². The molecule has 3 heteroatoms. The molecule has 9 rings (SSSR count). The van der Waals surface area contributed by atoms with Crippen LogP contribution in [-0.2, 0) is 0 Å². The number of oxazole rings is 1. The number of rotatable bonds is 5. The Kier molecular flexibility index (Phi) is 6.14. The van der Waals surface area contributed by atoms with E-state index in [9.17, 15) is 0 Å². The van der Waals surface area contributed by atoms with E-state index in [1.54, 1.807) is 0 Å². The molecule has 0 N–H and O–H groups in total. The Morgan fingerprint density at radius 1 is 0.413 bits per heavy atom. The van der Waals surface area contributed by atoms with Crippen molar-refractivity contribution in [2.75, 3.05) is 4.90 Å². The lowest BCUT2D eigenvalue weighted by molar-refractivity contribution is 0.623. The molecule has 1 aromatic heterocycles. The molecule has 216 valence electrons. The Balaban J connectivity index is 1.25. The van der Waals surface area contributed by atoms with Crippen LogP contribution in [0.5, 0.6) is 0 Å². The van der Waals surface area contributed by atoms with Crippen molar-refractivity contribution in [2.24, 2.45) is 0 Å². The van der Waals surface area contributed by atoms with Crippen molar-refractivity contribution in [3.8, 4) is 22.6 Å². The van der Waals surface area contributed by atoms with Crippen molar-refractivity contribution in [1.82, 2.24) is 4.98 Å². The maximum Gasteiger partial charge on any atom is 0.227 e. The molecule has 9 aromatic rings. The summed E-state index contributed by atoms with van der Waals surface area (Å²) in [4.78, 5) is 7.22. The molecule has 0 amide bonds. The van der Waals surface area contributed by atoms with Crippen LogP contribution in [0.2, 0.25) is 0 Å². The average molecular weight is 589 g/mol. The summed E-state index contributed by atoms with van der Waals surface area (Å²) in [5, 5.41) is 6.90. The quantitative estimate of drug-likeness (QED) is 0.187. The summed E-state index contributed by atoms with van der Waals surface area (Å²) in [6.07, 6.45) is 0. The summed E-state index contributed by atoms with van der Waals surface area (Å²) in [6.45, 7) is 0. The largest absolute Gasteiger partial charge is 0.435 e. The Bertz CT molecular complexity index is 2520. The zero-order valence-corrected chi connectivity index (χ0v) is 25.0. The van der Waals surface area contributed by atoms with E-state index >= 15 is 0 Å². The Morgan fingerprint density at radius 3 is 1.76 bits per heavy atom. The first-order valence-corrected chi connectivity index (χ1v) is 15.5. The van der Waals surface area contributed by atoms with E-state index in [0.29, 0.717) is 5.89 Å². The second-order valence-corrected chi connectivity index (χ2v) is 11.6. The summed E-state index contributed by atoms with van der Waals surface area (Å²) >= 11 is 0. The Labute approximate surface area is 266 Å². The normalized spacial score (nSPS) is 11.5. The van der Waals surface area contributed by atoms with E-state index in [2.05, 4.69) is 144 Å². The van der Waals surface area contributed by atoms with Gasteiger partial charge in [0.25, 0.3) is 0 Å². The number of aromatic nitrogens is 1. The van der Waals surface area contributed by atoms with Gasteiger partial charge in [0, 0.05) is 28.0 Å². The van der Waals surface area contributed by atoms with E-state index in [0.717, 1.165) is 55.3 Å². The van der Waals surface area contributed by atoms with E-state index in [4.69, 9.17) is 9.40 Å². The van der Waals surface area contributed by atoms with Crippen molar-refractivity contribution in [3.05, 3.63) is 170 Å². The van der Waals surface area contributed by atoms with Crippen molar-refractivity contribution in [3.63, 3.8) is 0 Å². The summed E-state index contributed by atoms with van der Waals surface area (Å²) in [5.74, 6) is 0.632. The molecule has 0 radical (unpaired) electrons. The second kappa shape index (κ2) is 10.8. The van der Waals surface area contributed by atoms with Crippen molar-refractivity contribution < 1.29 is 4.42 Å². The van der Waals surface area contributed by atoms with Gasteiger partial charge in [-0.3, -0.25) is 0 Å². The van der Waals surface area contributed by atoms with Crippen LogP contribution < -0.4 is 4.90 Å². The molecular weight excluding hydrogens is 560 g/mol. The minimum atomic E-state index is 0.632. The van der Waals surface area contributed by atoms with Gasteiger partial charge >= 0.3 is 0 Å². The first-order chi connectivity index (χ1) is 22.8. The highest BCUT2D eigenvalue weighted by molar-refractivity contribution is 6.18. The van der Waals surface area contributed by atoms with E-state index in [1.807, 2.05) is 30.3 Å². The monoisotopic (exact) mass is 588 g/mol. The molecule has 8 aromatic carbocycles. The van der Waals surface area contributed by atoms with Crippen LogP contribution in [0.4, 0.5) is 17.1 Å². The van der Waals surface area contributed by atoms with Crippen LogP contribution >= 0.6 is 0 Å². The third kappa shape index (κ3) is 4.49. The lowest BCUT2D eigenvalue weighted by Gasteiger charge is -2.26. The number of anilines is 3. The van der Waals surface area contributed by atoms with Gasteiger partial charge in [-0.25, -0.2) is 4.98 Å². The fourth-order valence-electron chi connectivity index (χ4n) is 6.55. The van der Waals surface area contributed by atoms with Crippen molar-refractivity contribution in [1.29, 1.82) is 0 Å². The van der Waals surface area contributed by atoms with Crippen molar-refractivity contribution in [2.45, 2.75) is 0 Å². The SMILES string of the molecule is c1ccc(-c2ccc(N(c3ccc4ccccc4c3)c3ccc4ccc5ccc6nc(-c7ccccc7)oc6c5c4c3)cc2)cc1. The van der Waals surface area contributed by atoms with Crippen LogP contribution in [0.1, 0.15) is 0 Å². The highest BCUT2D eigenvalue weighted by Crippen LogP contribution is 2.41. The topological polar surface area (TPSA) is 29.3 Å². The lowest BCUT2D eigenvalue weighted by atomic mass is 9.99. The van der Waals surface area contributed by atoms with Gasteiger partial charge in [0.15, 0.2) is 5.58 Å². The molecule has 0 bridgehead atoms. The summed E-state index contributed by atoms with van der Waals surface area (Å²) in [5.41, 5.74) is 8.28. The zero-order chi connectivity index (χ0) is 30.5. The molecule has 0 aliphatic heterocycles. The molecule has 1 heterocycles. The molecule has 0 saturated carbocycles. The molecule has 0 atom stereocenters. The molecule has 0 fully saturated rings. The predicted octanol–water partition coefficient (Wildman–Crippen LogP) is 12.1. The Morgan fingerprint density at radius 2 is 0.978 bits per heavy atom. The zero-order valence-electron chi connectivity index (χ0n) is 25.0. The van der Waals surface area contributed by atoms with Crippen LogP contribution in [0.3, 0.4) is 0 Å². The molecule has 0 spiro atoms. The van der Waals surface area contributed by atoms with Gasteiger partial charge in [-0.05, 0) is 92.7 Å². The smallest absolute Gasteiger partial charge is 0.227 e. The fraction of sp³-hybridized carbons (Fsp3) is 0. The van der Waals surface area contributed by atoms with Gasteiger partial charge in [0.2, 0.25) is 5.89 Å². The minimum Gasteiger partial charge on any atom is -0.435 e. The summed E-state index contributed by atoms with van der Waals surface area (Å²) in [6, 6.07) is 59.9. The predicted molar refractivity (Wildman–Crippen MR) is 192 cm³/mol. The summed E-state index contributed by atoms with van der Waals surface area (Å²) in [7, 11) is 0. The molecule has 0 aliphatic carbocycles. The molecule has 0 saturated heterocycles. The van der Waals surface area contributed by atoms with Gasteiger partial charge < -0.3 is 9.32 Å². The standard InChI is InChI=1S/C43H28N2O/c1-3-9-29(10-4-1)31-17-22-36(23-18-31)45(37-24-19-30-11-7-8-14-35(30)27-37)38-25-20-32-15-16-33-21-26-40-42(41(33)39(32)28-38)46-43(44-40)34-12-5-2-6-13-34/h1-28H. The number of fused-ring (bicyclic) bond motifs is 6. The molecule has 46 heavy (non-hydrogen) atoms. The van der Waals surface area contributed by atoms with Crippen LogP contribution in [0.25, 0.3) is 66.0 Å². The number of hydrogen-bond acceptors (Lipinski definition) is 3. The first kappa shape index (κ1) is 26.2. The van der Waals surface area contributed by atoms with Gasteiger partial charge in [-0.15, -0.1) is 0 Å². The van der Waals surface area contributed by atoms with Crippen LogP contribution in [0.15, 0.2) is 174 Å². The minimum absolute atomic E-state index is 0.632. The average Bonchev–Trinajstić information content (AvgIpc) is 3.57. The lowest BCUT2D eigenvalue weighted by Crippen LogP contribution is -2.10. The highest BCUT2D eigenvalue weighted by Gasteiger charge is 2.17. The number of nitrogens with zero attached hydrogens (tertiary/aromatic N) is 2. The third-order valence-electron chi connectivity index (χ3n) is 8.84. The van der Waals surface area contributed by atoms with Crippen molar-refractivity contribution >= 4 is 60.5 Å². The Hall–Kier alpha value is -6.19. The third-order valence-corrected chi connectivity index (χ3v) is 8.84. The van der Waals surface area contributed by atoms with Gasteiger partial charge in [-0.1, -0.05) is 115 Å². The molecule has 3 nitrogen and oxygen atoms in total. The molecule has 0 aliphatic rings. The highest BCUT2D eigenvalue weighted by atomic mass is 16.3. The molecular formula is C43H28N2O. The van der Waals surface area contributed by atoms with E-state index in [1.165, 1.54) is 21.9 Å². The fourth-order valence-corrected chi connectivity index (χ4v) is 6.55. The van der Waals surface area contributed by atoms with Gasteiger partial charge in [-0.2, -0.15) is 0 Å². The first-order valence-electron chi connectivity index (χ1n) is 15.5. The van der Waals surface area contributed by atoms with E-state index in [-0.39, 0.29) is 0 Å². The van der Waals surface area contributed by atoms with Crippen LogP contribution in [0, 0.1) is 0 Å². The maximum absolute atomic E-state index is 6.52. The second-order valence-electron chi connectivity index (χ2n) is 11.6. The van der Waals surface area contributed by atoms with Gasteiger partial charge in [0.05, 0.1) is 0 Å². The van der Waals surface area contributed by atoms with Crippen LogP contribution in [-0.4, -0.2) is 4.98 Å². The number of hydrogen-bond donors (Lipinski definition) is 0. The van der Waals surface area contributed by atoms with E-state index < -0.39 is 0 Å². The maximum atomic E-state index is 6.52. The molecule has 0 unspecified atom stereocenters. The summed E-state index contributed by atoms with van der Waals surface area (Å²) < 4.78 is 6.52.